The summed E-state index contributed by atoms with van der Waals surface area (Å²) in [4.78, 5) is 39.8. The first-order valence-corrected chi connectivity index (χ1v) is 10.2. The van der Waals surface area contributed by atoms with Crippen LogP contribution in [0.25, 0.3) is 0 Å². The van der Waals surface area contributed by atoms with Crippen LogP contribution >= 0.6 is 0 Å². The van der Waals surface area contributed by atoms with Crippen molar-refractivity contribution in [3.63, 3.8) is 0 Å². The van der Waals surface area contributed by atoms with Crippen molar-refractivity contribution in [1.82, 2.24) is 20.4 Å². The Labute approximate surface area is 177 Å². The fourth-order valence-corrected chi connectivity index (χ4v) is 3.34. The van der Waals surface area contributed by atoms with Crippen molar-refractivity contribution in [3.8, 4) is 0 Å². The molecule has 0 aliphatic carbocycles. The Balaban J connectivity index is 1.41. The van der Waals surface area contributed by atoms with Crippen LogP contribution in [0, 0.1) is 0 Å². The van der Waals surface area contributed by atoms with Crippen molar-refractivity contribution in [2.24, 2.45) is 0 Å². The minimum Gasteiger partial charge on any atom is -0.352 e. The van der Waals surface area contributed by atoms with Gasteiger partial charge in [0.25, 0.3) is 5.91 Å². The summed E-state index contributed by atoms with van der Waals surface area (Å²) in [6, 6.07) is 17.1. The number of hydrogen-bond donors (Lipinski definition) is 2. The van der Waals surface area contributed by atoms with E-state index in [0.717, 1.165) is 11.1 Å². The quantitative estimate of drug-likeness (QED) is 0.726. The molecule has 0 atom stereocenters. The summed E-state index contributed by atoms with van der Waals surface area (Å²) in [6.07, 6.45) is 0. The second kappa shape index (κ2) is 10.5. The molecule has 2 aromatic carbocycles. The van der Waals surface area contributed by atoms with Gasteiger partial charge in [0.05, 0.1) is 6.54 Å². The summed E-state index contributed by atoms with van der Waals surface area (Å²) >= 11 is 0. The molecule has 7 heteroatoms. The number of amides is 3. The van der Waals surface area contributed by atoms with Crippen molar-refractivity contribution >= 4 is 17.7 Å². The molecule has 0 aromatic heterocycles. The van der Waals surface area contributed by atoms with Crippen LogP contribution in [0.5, 0.6) is 0 Å². The van der Waals surface area contributed by atoms with Gasteiger partial charge >= 0.3 is 0 Å². The molecule has 1 heterocycles. The highest BCUT2D eigenvalue weighted by molar-refractivity contribution is 5.94. The molecule has 1 aliphatic heterocycles. The maximum absolute atomic E-state index is 12.7. The van der Waals surface area contributed by atoms with Crippen LogP contribution in [0.3, 0.4) is 0 Å². The molecular formula is C23H28N4O3. The van der Waals surface area contributed by atoms with E-state index in [1.165, 1.54) is 6.92 Å². The molecule has 1 fully saturated rings. The number of hydrogen-bond acceptors (Lipinski definition) is 4. The zero-order valence-electron chi connectivity index (χ0n) is 17.3. The summed E-state index contributed by atoms with van der Waals surface area (Å²) in [6.45, 7) is 5.33. The number of rotatable bonds is 7. The molecule has 30 heavy (non-hydrogen) atoms. The zero-order chi connectivity index (χ0) is 21.3. The Morgan fingerprint density at radius 2 is 1.40 bits per heavy atom. The number of nitrogens with zero attached hydrogens (tertiary/aromatic N) is 2. The molecule has 1 saturated heterocycles. The smallest absolute Gasteiger partial charge is 0.253 e. The standard InChI is InChI=1S/C23H28N4O3/c1-18(28)24-15-20-7-9-21(10-8-20)23(30)27-13-11-26(12-14-27)17-22(29)25-16-19-5-3-2-4-6-19/h2-10H,11-17H2,1H3,(H,24,28)(H,25,29). The van der Waals surface area contributed by atoms with Gasteiger partial charge in [0.2, 0.25) is 11.8 Å². The lowest BCUT2D eigenvalue weighted by Gasteiger charge is -2.34. The fourth-order valence-electron chi connectivity index (χ4n) is 3.34. The predicted molar refractivity (Wildman–Crippen MR) is 115 cm³/mol. The molecule has 1 aliphatic rings. The molecule has 3 amide bonds. The maximum atomic E-state index is 12.7. The SMILES string of the molecule is CC(=O)NCc1ccc(C(=O)N2CCN(CC(=O)NCc3ccccc3)CC2)cc1. The number of benzene rings is 2. The van der Waals surface area contributed by atoms with E-state index < -0.39 is 0 Å². The summed E-state index contributed by atoms with van der Waals surface area (Å²) in [5.41, 5.74) is 2.66. The first-order chi connectivity index (χ1) is 14.5. The highest BCUT2D eigenvalue weighted by atomic mass is 16.2. The third-order valence-electron chi connectivity index (χ3n) is 5.10. The first kappa shape index (κ1) is 21.5. The van der Waals surface area contributed by atoms with E-state index >= 15 is 0 Å². The van der Waals surface area contributed by atoms with Crippen LogP contribution in [0.1, 0.15) is 28.4 Å². The van der Waals surface area contributed by atoms with E-state index in [-0.39, 0.29) is 17.7 Å². The van der Waals surface area contributed by atoms with Crippen molar-refractivity contribution in [3.05, 3.63) is 71.3 Å². The van der Waals surface area contributed by atoms with Crippen molar-refractivity contribution in [2.45, 2.75) is 20.0 Å². The number of nitrogens with one attached hydrogen (secondary N) is 2. The molecule has 158 valence electrons. The maximum Gasteiger partial charge on any atom is 0.253 e. The summed E-state index contributed by atoms with van der Waals surface area (Å²) < 4.78 is 0. The Morgan fingerprint density at radius 1 is 0.800 bits per heavy atom. The van der Waals surface area contributed by atoms with Gasteiger partial charge in [-0.1, -0.05) is 42.5 Å². The van der Waals surface area contributed by atoms with Crippen molar-refractivity contribution in [1.29, 1.82) is 0 Å². The lowest BCUT2D eigenvalue weighted by Crippen LogP contribution is -2.51. The number of piperazine rings is 1. The van der Waals surface area contributed by atoms with Gasteiger partial charge in [-0.25, -0.2) is 0 Å². The zero-order valence-corrected chi connectivity index (χ0v) is 17.3. The summed E-state index contributed by atoms with van der Waals surface area (Å²) in [5, 5.41) is 5.68. The monoisotopic (exact) mass is 408 g/mol. The molecule has 0 spiro atoms. The Hall–Kier alpha value is -3.19. The van der Waals surface area contributed by atoms with Crippen LogP contribution in [-0.4, -0.2) is 60.2 Å². The van der Waals surface area contributed by atoms with Gasteiger partial charge in [0, 0.05) is 51.8 Å². The van der Waals surface area contributed by atoms with Gasteiger partial charge < -0.3 is 15.5 Å². The van der Waals surface area contributed by atoms with E-state index in [4.69, 9.17) is 0 Å². The second-order valence-corrected chi connectivity index (χ2v) is 7.44. The highest BCUT2D eigenvalue weighted by Crippen LogP contribution is 2.11. The van der Waals surface area contributed by atoms with Gasteiger partial charge in [-0.3, -0.25) is 19.3 Å². The average molecular weight is 409 g/mol. The predicted octanol–water partition coefficient (Wildman–Crippen LogP) is 1.40. The molecule has 0 saturated carbocycles. The number of carbonyl (C=O) groups excluding carboxylic acids is 3. The molecular weight excluding hydrogens is 380 g/mol. The topological polar surface area (TPSA) is 81.8 Å². The van der Waals surface area contributed by atoms with Crippen LogP contribution in [-0.2, 0) is 22.7 Å². The third kappa shape index (κ3) is 6.42. The minimum absolute atomic E-state index is 0.00532. The van der Waals surface area contributed by atoms with Gasteiger partial charge in [-0.05, 0) is 23.3 Å². The number of carbonyl (C=O) groups is 3. The average Bonchev–Trinajstić information content (AvgIpc) is 2.77. The molecule has 0 bridgehead atoms. The van der Waals surface area contributed by atoms with Gasteiger partial charge in [0.15, 0.2) is 0 Å². The van der Waals surface area contributed by atoms with Crippen LogP contribution < -0.4 is 10.6 Å². The first-order valence-electron chi connectivity index (χ1n) is 10.2. The van der Waals surface area contributed by atoms with E-state index in [0.29, 0.717) is 51.4 Å². The van der Waals surface area contributed by atoms with Crippen molar-refractivity contribution in [2.75, 3.05) is 32.7 Å². The van der Waals surface area contributed by atoms with Gasteiger partial charge in [-0.15, -0.1) is 0 Å². The van der Waals surface area contributed by atoms with Crippen LogP contribution in [0.15, 0.2) is 54.6 Å². The fraction of sp³-hybridized carbons (Fsp3) is 0.348. The molecule has 7 nitrogen and oxygen atoms in total. The minimum atomic E-state index is -0.0817. The summed E-state index contributed by atoms with van der Waals surface area (Å²) in [5.74, 6) is -0.0931. The Morgan fingerprint density at radius 3 is 2.03 bits per heavy atom. The molecule has 0 unspecified atom stereocenters. The lowest BCUT2D eigenvalue weighted by molar-refractivity contribution is -0.122. The molecule has 2 aromatic rings. The lowest BCUT2D eigenvalue weighted by atomic mass is 10.1. The van der Waals surface area contributed by atoms with Gasteiger partial charge in [0.1, 0.15) is 0 Å². The molecule has 2 N–H and O–H groups in total. The largest absolute Gasteiger partial charge is 0.352 e. The summed E-state index contributed by atoms with van der Waals surface area (Å²) in [7, 11) is 0. The second-order valence-electron chi connectivity index (χ2n) is 7.44. The van der Waals surface area contributed by atoms with E-state index in [1.807, 2.05) is 47.4 Å². The third-order valence-corrected chi connectivity index (χ3v) is 5.10. The van der Waals surface area contributed by atoms with Gasteiger partial charge in [-0.2, -0.15) is 0 Å². The van der Waals surface area contributed by atoms with E-state index in [1.54, 1.807) is 12.1 Å². The highest BCUT2D eigenvalue weighted by Gasteiger charge is 2.23. The van der Waals surface area contributed by atoms with Crippen LogP contribution in [0.4, 0.5) is 0 Å². The normalized spacial score (nSPS) is 14.2. The molecule has 0 radical (unpaired) electrons. The van der Waals surface area contributed by atoms with E-state index in [2.05, 4.69) is 15.5 Å². The van der Waals surface area contributed by atoms with Crippen molar-refractivity contribution < 1.29 is 14.4 Å². The van der Waals surface area contributed by atoms with E-state index in [9.17, 15) is 14.4 Å². The van der Waals surface area contributed by atoms with Crippen LogP contribution in [0.2, 0.25) is 0 Å². The Kier molecular flexibility index (Phi) is 7.57. The molecule has 3 rings (SSSR count). The Bertz CT molecular complexity index is 860.